The van der Waals surface area contributed by atoms with Gasteiger partial charge in [0.25, 0.3) is 5.91 Å². The molecular weight excluding hydrogens is 512 g/mol. The normalized spacial score (nSPS) is 22.7. The molecule has 4 aliphatic rings. The number of hydrogen-bond donors (Lipinski definition) is 1. The number of nitrogens with one attached hydrogen (secondary N) is 1. The van der Waals surface area contributed by atoms with Gasteiger partial charge in [-0.3, -0.25) is 9.59 Å². The maximum absolute atomic E-state index is 15.2. The van der Waals surface area contributed by atoms with Crippen molar-refractivity contribution >= 4 is 17.3 Å². The van der Waals surface area contributed by atoms with E-state index in [-0.39, 0.29) is 40.9 Å². The molecule has 40 heavy (non-hydrogen) atoms. The fourth-order valence-electron chi connectivity index (χ4n) is 6.93. The summed E-state index contributed by atoms with van der Waals surface area (Å²) >= 11 is 0. The minimum atomic E-state index is -0.637. The lowest BCUT2D eigenvalue weighted by molar-refractivity contribution is -0.141. The summed E-state index contributed by atoms with van der Waals surface area (Å²) in [6.07, 6.45) is 6.42. The van der Waals surface area contributed by atoms with E-state index in [1.807, 2.05) is 37.9 Å². The number of hydrogen-bond acceptors (Lipinski definition) is 4. The Morgan fingerprint density at radius 3 is 2.45 bits per heavy atom. The summed E-state index contributed by atoms with van der Waals surface area (Å²) in [6.45, 7) is 9.08. The molecule has 2 bridgehead atoms. The van der Waals surface area contributed by atoms with Crippen LogP contribution in [0.4, 0.5) is 8.78 Å². The number of imidazole rings is 1. The van der Waals surface area contributed by atoms with E-state index in [9.17, 15) is 14.0 Å². The monoisotopic (exact) mass is 549 g/mol. The molecular formula is C31H37F2N5O2. The minimum Gasteiger partial charge on any atom is -0.340 e. The van der Waals surface area contributed by atoms with E-state index < -0.39 is 11.8 Å². The zero-order chi connectivity index (χ0) is 28.3. The number of rotatable bonds is 6. The van der Waals surface area contributed by atoms with Crippen LogP contribution in [0.15, 0.2) is 30.5 Å². The summed E-state index contributed by atoms with van der Waals surface area (Å²) in [5.41, 5.74) is 2.34. The van der Waals surface area contributed by atoms with Crippen molar-refractivity contribution in [2.45, 2.75) is 77.4 Å². The lowest BCUT2D eigenvalue weighted by atomic mass is 9.75. The maximum Gasteiger partial charge on any atom is 0.254 e. The molecule has 1 N–H and O–H groups in total. The standard InChI is InChI=1S/C31H37F2N5O2/c1-5-37(17(2)3)30(39)26-13-22(32)8-11-24(26)25-12-20(16-38-18(4)34-29(33)28(25)38)21-14-36(15-21)31(40)27-19-6-9-23(35-27)10-7-19/h8,11-13,16-17,19,21,23,27,35H,5-7,9-10,14-15H2,1-4H3/t19?,23?,27-/m1/s1. The zero-order valence-electron chi connectivity index (χ0n) is 23.6. The lowest BCUT2D eigenvalue weighted by Gasteiger charge is -2.47. The summed E-state index contributed by atoms with van der Waals surface area (Å²) in [7, 11) is 0. The van der Waals surface area contributed by atoms with Crippen LogP contribution >= 0.6 is 0 Å². The first-order valence-electron chi connectivity index (χ1n) is 14.5. The van der Waals surface area contributed by atoms with Crippen molar-refractivity contribution in [1.29, 1.82) is 0 Å². The Balaban J connectivity index is 1.35. The van der Waals surface area contributed by atoms with Crippen LogP contribution in [0.5, 0.6) is 0 Å². The van der Waals surface area contributed by atoms with Gasteiger partial charge in [0.05, 0.1) is 11.6 Å². The van der Waals surface area contributed by atoms with Crippen molar-refractivity contribution in [3.05, 3.63) is 59.2 Å². The number of fused-ring (bicyclic) bond motifs is 4. The fourth-order valence-corrected chi connectivity index (χ4v) is 6.93. The number of nitrogens with zero attached hydrogens (tertiary/aromatic N) is 4. The summed E-state index contributed by atoms with van der Waals surface area (Å²) in [6, 6.07) is 6.26. The number of amides is 2. The number of aryl methyl sites for hydroxylation is 1. The van der Waals surface area contributed by atoms with Gasteiger partial charge in [-0.15, -0.1) is 0 Å². The van der Waals surface area contributed by atoms with Crippen LogP contribution in [-0.4, -0.2) is 68.8 Å². The molecule has 7 nitrogen and oxygen atoms in total. The number of carbonyl (C=O) groups is 2. The van der Waals surface area contributed by atoms with Crippen LogP contribution in [0.3, 0.4) is 0 Å². The Hall–Kier alpha value is -3.33. The van der Waals surface area contributed by atoms with Gasteiger partial charge in [0.2, 0.25) is 11.9 Å². The number of carbonyl (C=O) groups excluding carboxylic acids is 2. The van der Waals surface area contributed by atoms with E-state index in [4.69, 9.17) is 0 Å². The molecule has 1 atom stereocenters. The molecule has 2 aromatic heterocycles. The van der Waals surface area contributed by atoms with Crippen LogP contribution in [0.1, 0.15) is 74.1 Å². The average molecular weight is 550 g/mol. The smallest absolute Gasteiger partial charge is 0.254 e. The van der Waals surface area contributed by atoms with Gasteiger partial charge in [0.15, 0.2) is 0 Å². The Labute approximate surface area is 233 Å². The van der Waals surface area contributed by atoms with Crippen LogP contribution in [0, 0.1) is 24.6 Å². The Morgan fingerprint density at radius 1 is 1.10 bits per heavy atom. The summed E-state index contributed by atoms with van der Waals surface area (Å²) in [5.74, 6) is -0.320. The number of likely N-dealkylation sites (tertiary alicyclic amines) is 1. The number of aromatic nitrogens is 2. The quantitative estimate of drug-likeness (QED) is 0.474. The van der Waals surface area contributed by atoms with Crippen molar-refractivity contribution in [3.63, 3.8) is 0 Å². The second-order valence-electron chi connectivity index (χ2n) is 11.9. The average Bonchev–Trinajstić information content (AvgIpc) is 3.21. The fraction of sp³-hybridized carbons (Fsp3) is 0.516. The molecule has 4 fully saturated rings. The third-order valence-corrected chi connectivity index (χ3v) is 9.21. The summed E-state index contributed by atoms with van der Waals surface area (Å²) in [4.78, 5) is 34.6. The molecule has 0 unspecified atom stereocenters. The van der Waals surface area contributed by atoms with E-state index >= 15 is 4.39 Å². The highest BCUT2D eigenvalue weighted by atomic mass is 19.1. The van der Waals surface area contributed by atoms with Gasteiger partial charge in [0.1, 0.15) is 17.2 Å². The first-order valence-corrected chi connectivity index (χ1v) is 14.5. The topological polar surface area (TPSA) is 70.0 Å². The number of piperidine rings is 2. The van der Waals surface area contributed by atoms with Gasteiger partial charge >= 0.3 is 0 Å². The Kier molecular flexibility index (Phi) is 6.89. The van der Waals surface area contributed by atoms with Crippen molar-refractivity contribution in [3.8, 4) is 11.1 Å². The second-order valence-corrected chi connectivity index (χ2v) is 11.9. The van der Waals surface area contributed by atoms with Crippen LogP contribution in [0.2, 0.25) is 0 Å². The summed E-state index contributed by atoms with van der Waals surface area (Å²) in [5, 5.41) is 3.55. The lowest BCUT2D eigenvalue weighted by Crippen LogP contribution is -2.62. The van der Waals surface area contributed by atoms with Gasteiger partial charge < -0.3 is 19.5 Å². The second kappa shape index (κ2) is 10.3. The van der Waals surface area contributed by atoms with Gasteiger partial charge in [-0.2, -0.15) is 4.39 Å². The van der Waals surface area contributed by atoms with E-state index in [0.29, 0.717) is 48.5 Å². The van der Waals surface area contributed by atoms with Gasteiger partial charge in [0, 0.05) is 49.4 Å². The molecule has 0 spiro atoms. The molecule has 212 valence electrons. The minimum absolute atomic E-state index is 0.0696. The predicted octanol–water partition coefficient (Wildman–Crippen LogP) is 4.91. The van der Waals surface area contributed by atoms with Gasteiger partial charge in [-0.25, -0.2) is 9.37 Å². The SMILES string of the molecule is CCN(C(=O)c1cc(F)ccc1-c1cc(C2CN(C(=O)[C@@H]3NC4CCC3CC4)C2)cn2c(C)nc(F)c12)C(C)C. The maximum atomic E-state index is 15.2. The van der Waals surface area contributed by atoms with E-state index in [1.165, 1.54) is 12.1 Å². The molecule has 5 heterocycles. The highest BCUT2D eigenvalue weighted by Crippen LogP contribution is 2.38. The predicted molar refractivity (Wildman–Crippen MR) is 149 cm³/mol. The highest BCUT2D eigenvalue weighted by molar-refractivity contribution is 6.03. The molecule has 3 aliphatic heterocycles. The van der Waals surface area contributed by atoms with Crippen molar-refractivity contribution in [2.75, 3.05) is 19.6 Å². The molecule has 1 saturated carbocycles. The molecule has 3 saturated heterocycles. The molecule has 9 heteroatoms. The zero-order valence-corrected chi connectivity index (χ0v) is 23.6. The molecule has 7 rings (SSSR count). The van der Waals surface area contributed by atoms with E-state index in [0.717, 1.165) is 31.2 Å². The van der Waals surface area contributed by atoms with Crippen molar-refractivity contribution in [1.82, 2.24) is 24.5 Å². The summed E-state index contributed by atoms with van der Waals surface area (Å²) < 4.78 is 31.4. The number of halogens is 2. The largest absolute Gasteiger partial charge is 0.340 e. The number of benzene rings is 1. The van der Waals surface area contributed by atoms with E-state index in [2.05, 4.69) is 10.3 Å². The highest BCUT2D eigenvalue weighted by Gasteiger charge is 2.43. The van der Waals surface area contributed by atoms with Gasteiger partial charge in [-0.05, 0) is 88.6 Å². The Bertz CT molecular complexity index is 1470. The van der Waals surface area contributed by atoms with E-state index in [1.54, 1.807) is 22.3 Å². The molecule has 1 aromatic carbocycles. The third-order valence-electron chi connectivity index (χ3n) is 9.21. The van der Waals surface area contributed by atoms with Crippen molar-refractivity contribution in [2.24, 2.45) is 5.92 Å². The molecule has 1 aliphatic carbocycles. The number of pyridine rings is 1. The molecule has 3 aromatic rings. The molecule has 2 amide bonds. The first-order chi connectivity index (χ1) is 19.2. The van der Waals surface area contributed by atoms with Crippen molar-refractivity contribution < 1.29 is 18.4 Å². The van der Waals surface area contributed by atoms with Crippen LogP contribution in [0.25, 0.3) is 16.6 Å². The van der Waals surface area contributed by atoms with Crippen LogP contribution < -0.4 is 5.32 Å². The van der Waals surface area contributed by atoms with Gasteiger partial charge in [-0.1, -0.05) is 6.07 Å². The first kappa shape index (κ1) is 26.9. The van der Waals surface area contributed by atoms with Crippen LogP contribution in [-0.2, 0) is 4.79 Å². The Morgan fingerprint density at radius 2 is 1.82 bits per heavy atom. The molecule has 0 radical (unpaired) electrons. The third kappa shape index (κ3) is 4.48.